The van der Waals surface area contributed by atoms with E-state index in [1.54, 1.807) is 17.4 Å². The first kappa shape index (κ1) is 15.2. The average molecular weight is 368 g/mol. The van der Waals surface area contributed by atoms with Gasteiger partial charge in [0.25, 0.3) is 0 Å². The maximum atomic E-state index is 13.8. The molecule has 1 aromatic heterocycles. The Bertz CT molecular complexity index is 648. The second-order valence-electron chi connectivity index (χ2n) is 5.66. The number of rotatable bonds is 5. The van der Waals surface area contributed by atoms with Gasteiger partial charge < -0.3 is 5.32 Å². The summed E-state index contributed by atoms with van der Waals surface area (Å²) in [5.74, 6) is 0.579. The standard InChI is InChI=1S/C17H19BrFNS/c1-3-20-17(11-4-5-11)16-7-6-15(21-16)12-9-14(19)13(18)8-10(12)2/h6-9,11,17,20H,3-5H2,1-2H3. The molecule has 3 rings (SSSR count). The molecule has 1 nitrogen and oxygen atoms in total. The van der Waals surface area contributed by atoms with Crippen molar-refractivity contribution in [3.05, 3.63) is 45.0 Å². The van der Waals surface area contributed by atoms with E-state index in [0.29, 0.717) is 10.5 Å². The molecule has 1 atom stereocenters. The summed E-state index contributed by atoms with van der Waals surface area (Å²) >= 11 is 5.03. The van der Waals surface area contributed by atoms with Gasteiger partial charge in [-0.05, 0) is 83.6 Å². The van der Waals surface area contributed by atoms with E-state index in [4.69, 9.17) is 0 Å². The first-order valence-electron chi connectivity index (χ1n) is 7.39. The number of hydrogen-bond donors (Lipinski definition) is 1. The van der Waals surface area contributed by atoms with Gasteiger partial charge in [-0.25, -0.2) is 4.39 Å². The van der Waals surface area contributed by atoms with Crippen LogP contribution in [0, 0.1) is 18.7 Å². The van der Waals surface area contributed by atoms with Gasteiger partial charge in [0, 0.05) is 15.8 Å². The molecule has 0 saturated heterocycles. The molecule has 0 bridgehead atoms. The number of aryl methyl sites for hydroxylation is 1. The minimum Gasteiger partial charge on any atom is -0.309 e. The van der Waals surface area contributed by atoms with Crippen LogP contribution in [-0.2, 0) is 0 Å². The van der Waals surface area contributed by atoms with Crippen LogP contribution in [0.25, 0.3) is 10.4 Å². The molecule has 1 aliphatic carbocycles. The summed E-state index contributed by atoms with van der Waals surface area (Å²) in [7, 11) is 0. The molecule has 1 fully saturated rings. The van der Waals surface area contributed by atoms with Crippen molar-refractivity contribution in [2.24, 2.45) is 5.92 Å². The van der Waals surface area contributed by atoms with Crippen LogP contribution in [0.5, 0.6) is 0 Å². The Kier molecular flexibility index (Phi) is 4.48. The fraction of sp³-hybridized carbons (Fsp3) is 0.412. The zero-order valence-electron chi connectivity index (χ0n) is 12.2. The quantitative estimate of drug-likeness (QED) is 0.715. The molecular weight excluding hydrogens is 349 g/mol. The van der Waals surface area contributed by atoms with Crippen LogP contribution < -0.4 is 5.32 Å². The molecule has 1 heterocycles. The van der Waals surface area contributed by atoms with Gasteiger partial charge in [0.05, 0.1) is 4.47 Å². The Balaban J connectivity index is 1.92. The lowest BCUT2D eigenvalue weighted by molar-refractivity contribution is 0.504. The molecule has 112 valence electrons. The van der Waals surface area contributed by atoms with E-state index in [-0.39, 0.29) is 5.82 Å². The average Bonchev–Trinajstić information content (AvgIpc) is 3.17. The Labute approximate surface area is 137 Å². The summed E-state index contributed by atoms with van der Waals surface area (Å²) in [4.78, 5) is 2.52. The summed E-state index contributed by atoms with van der Waals surface area (Å²) < 4.78 is 14.3. The topological polar surface area (TPSA) is 12.0 Å². The van der Waals surface area contributed by atoms with Crippen molar-refractivity contribution in [2.75, 3.05) is 6.54 Å². The van der Waals surface area contributed by atoms with E-state index in [1.807, 2.05) is 13.0 Å². The summed E-state index contributed by atoms with van der Waals surface area (Å²) in [6.45, 7) is 5.17. The number of thiophene rings is 1. The molecule has 0 aliphatic heterocycles. The monoisotopic (exact) mass is 367 g/mol. The number of nitrogens with one attached hydrogen (secondary N) is 1. The van der Waals surface area contributed by atoms with Crippen LogP contribution in [0.15, 0.2) is 28.7 Å². The predicted molar refractivity (Wildman–Crippen MR) is 91.3 cm³/mol. The van der Waals surface area contributed by atoms with E-state index in [0.717, 1.165) is 28.5 Å². The predicted octanol–water partition coefficient (Wildman–Crippen LogP) is 5.69. The lowest BCUT2D eigenvalue weighted by Gasteiger charge is -2.15. The van der Waals surface area contributed by atoms with Crippen molar-refractivity contribution < 1.29 is 4.39 Å². The van der Waals surface area contributed by atoms with Gasteiger partial charge in [-0.15, -0.1) is 11.3 Å². The Hall–Kier alpha value is -0.710. The van der Waals surface area contributed by atoms with Crippen LogP contribution in [0.2, 0.25) is 0 Å². The fourth-order valence-corrected chi connectivity index (χ4v) is 4.44. The molecular formula is C17H19BrFNS. The minimum atomic E-state index is -0.198. The highest BCUT2D eigenvalue weighted by Crippen LogP contribution is 2.44. The molecule has 1 N–H and O–H groups in total. The molecule has 0 amide bonds. The number of halogens is 2. The molecule has 0 radical (unpaired) electrons. The van der Waals surface area contributed by atoms with Crippen LogP contribution >= 0.6 is 27.3 Å². The molecule has 21 heavy (non-hydrogen) atoms. The van der Waals surface area contributed by atoms with Crippen molar-refractivity contribution in [3.63, 3.8) is 0 Å². The third-order valence-electron chi connectivity index (χ3n) is 3.98. The van der Waals surface area contributed by atoms with Gasteiger partial charge in [0.1, 0.15) is 5.82 Å². The maximum Gasteiger partial charge on any atom is 0.138 e. The lowest BCUT2D eigenvalue weighted by atomic mass is 10.1. The molecule has 2 aromatic rings. The van der Waals surface area contributed by atoms with E-state index in [1.165, 1.54) is 17.7 Å². The molecule has 0 spiro atoms. The van der Waals surface area contributed by atoms with Crippen molar-refractivity contribution in [1.29, 1.82) is 0 Å². The van der Waals surface area contributed by atoms with Crippen LogP contribution in [0.3, 0.4) is 0 Å². The van der Waals surface area contributed by atoms with Gasteiger partial charge in [-0.1, -0.05) is 6.92 Å². The molecule has 1 aromatic carbocycles. The molecule has 1 saturated carbocycles. The van der Waals surface area contributed by atoms with Crippen LogP contribution in [0.4, 0.5) is 4.39 Å². The number of benzene rings is 1. The Morgan fingerprint density at radius 1 is 1.38 bits per heavy atom. The van der Waals surface area contributed by atoms with Crippen LogP contribution in [0.1, 0.15) is 36.2 Å². The maximum absolute atomic E-state index is 13.8. The highest BCUT2D eigenvalue weighted by Gasteiger charge is 2.32. The zero-order valence-corrected chi connectivity index (χ0v) is 14.7. The van der Waals surface area contributed by atoms with Gasteiger partial charge in [0.2, 0.25) is 0 Å². The van der Waals surface area contributed by atoms with Crippen molar-refractivity contribution in [2.45, 2.75) is 32.7 Å². The van der Waals surface area contributed by atoms with Gasteiger partial charge in [0.15, 0.2) is 0 Å². The first-order valence-corrected chi connectivity index (χ1v) is 9.00. The SMILES string of the molecule is CCNC(c1ccc(-c2cc(F)c(Br)cc2C)s1)C1CC1. The minimum absolute atomic E-state index is 0.198. The van der Waals surface area contributed by atoms with Crippen molar-refractivity contribution in [3.8, 4) is 10.4 Å². The zero-order chi connectivity index (χ0) is 15.0. The van der Waals surface area contributed by atoms with Crippen molar-refractivity contribution in [1.82, 2.24) is 5.32 Å². The van der Waals surface area contributed by atoms with Gasteiger partial charge in [-0.2, -0.15) is 0 Å². The van der Waals surface area contributed by atoms with E-state index in [2.05, 4.69) is 40.3 Å². The Morgan fingerprint density at radius 2 is 2.14 bits per heavy atom. The summed E-state index contributed by atoms with van der Waals surface area (Å²) in [6, 6.07) is 8.28. The molecule has 1 aliphatic rings. The second kappa shape index (κ2) is 6.19. The van der Waals surface area contributed by atoms with E-state index < -0.39 is 0 Å². The lowest BCUT2D eigenvalue weighted by Crippen LogP contribution is -2.21. The van der Waals surface area contributed by atoms with Gasteiger partial charge in [-0.3, -0.25) is 0 Å². The van der Waals surface area contributed by atoms with E-state index >= 15 is 0 Å². The highest BCUT2D eigenvalue weighted by molar-refractivity contribution is 9.10. The smallest absolute Gasteiger partial charge is 0.138 e. The first-order chi connectivity index (χ1) is 10.1. The second-order valence-corrected chi connectivity index (χ2v) is 7.63. The molecule has 4 heteroatoms. The third kappa shape index (κ3) is 3.22. The summed E-state index contributed by atoms with van der Waals surface area (Å²) in [6.07, 6.45) is 2.63. The summed E-state index contributed by atoms with van der Waals surface area (Å²) in [5, 5.41) is 3.59. The Morgan fingerprint density at radius 3 is 2.81 bits per heavy atom. The number of hydrogen-bond acceptors (Lipinski definition) is 2. The molecule has 1 unspecified atom stereocenters. The highest BCUT2D eigenvalue weighted by atomic mass is 79.9. The largest absolute Gasteiger partial charge is 0.309 e. The van der Waals surface area contributed by atoms with Crippen LogP contribution in [-0.4, -0.2) is 6.54 Å². The van der Waals surface area contributed by atoms with E-state index in [9.17, 15) is 4.39 Å². The van der Waals surface area contributed by atoms with Gasteiger partial charge >= 0.3 is 0 Å². The van der Waals surface area contributed by atoms with Crippen molar-refractivity contribution >= 4 is 27.3 Å². The summed E-state index contributed by atoms with van der Waals surface area (Å²) in [5.41, 5.74) is 2.10. The third-order valence-corrected chi connectivity index (χ3v) is 5.79. The normalized spacial score (nSPS) is 16.2. The fourth-order valence-electron chi connectivity index (χ4n) is 2.73.